The van der Waals surface area contributed by atoms with Crippen LogP contribution in [0.3, 0.4) is 0 Å². The smallest absolute Gasteiger partial charge is 0.254 e. The van der Waals surface area contributed by atoms with E-state index in [1.54, 1.807) is 0 Å². The molecule has 4 rings (SSSR count). The highest BCUT2D eigenvalue weighted by Crippen LogP contribution is 2.30. The minimum atomic E-state index is 0.139. The van der Waals surface area contributed by atoms with Crippen LogP contribution in [0.15, 0.2) is 24.3 Å². The van der Waals surface area contributed by atoms with Crippen LogP contribution < -0.4 is 10.2 Å². The molecule has 3 aliphatic heterocycles. The molecule has 1 N–H and O–H groups in total. The van der Waals surface area contributed by atoms with E-state index in [1.165, 1.54) is 0 Å². The summed E-state index contributed by atoms with van der Waals surface area (Å²) in [5.74, 6) is 0.321. The van der Waals surface area contributed by atoms with Crippen molar-refractivity contribution in [2.24, 2.45) is 0 Å². The van der Waals surface area contributed by atoms with Crippen molar-refractivity contribution in [3.63, 3.8) is 0 Å². The fourth-order valence-electron chi connectivity index (χ4n) is 4.17. The summed E-state index contributed by atoms with van der Waals surface area (Å²) in [6.45, 7) is 2.69. The molecule has 0 aliphatic carbocycles. The van der Waals surface area contributed by atoms with Gasteiger partial charge in [-0.05, 0) is 56.5 Å². The van der Waals surface area contributed by atoms with E-state index in [2.05, 4.69) is 10.2 Å². The molecule has 5 nitrogen and oxygen atoms in total. The summed E-state index contributed by atoms with van der Waals surface area (Å²) < 4.78 is 0. The molecular formula is C18H23N3O2. The van der Waals surface area contributed by atoms with Gasteiger partial charge in [-0.25, -0.2) is 0 Å². The maximum absolute atomic E-state index is 12.9. The number of benzene rings is 1. The number of nitrogens with one attached hydrogen (secondary N) is 1. The summed E-state index contributed by atoms with van der Waals surface area (Å²) in [6.07, 6.45) is 4.82. The van der Waals surface area contributed by atoms with Crippen molar-refractivity contribution < 1.29 is 9.59 Å². The number of fused-ring (bicyclic) bond motifs is 2. The molecule has 2 amide bonds. The first-order valence-electron chi connectivity index (χ1n) is 8.68. The highest BCUT2D eigenvalue weighted by Gasteiger charge is 2.38. The zero-order valence-corrected chi connectivity index (χ0v) is 13.3. The van der Waals surface area contributed by atoms with Crippen molar-refractivity contribution in [2.75, 3.05) is 24.5 Å². The molecule has 2 bridgehead atoms. The van der Waals surface area contributed by atoms with Crippen LogP contribution in [0, 0.1) is 0 Å². The molecule has 122 valence electrons. The maximum Gasteiger partial charge on any atom is 0.254 e. The molecule has 3 heterocycles. The quantitative estimate of drug-likeness (QED) is 0.905. The molecule has 1 aromatic rings. The van der Waals surface area contributed by atoms with Gasteiger partial charge in [-0.15, -0.1) is 0 Å². The van der Waals surface area contributed by atoms with Gasteiger partial charge >= 0.3 is 0 Å². The van der Waals surface area contributed by atoms with Crippen LogP contribution in [0.5, 0.6) is 0 Å². The van der Waals surface area contributed by atoms with Crippen molar-refractivity contribution >= 4 is 17.5 Å². The molecule has 2 atom stereocenters. The largest absolute Gasteiger partial charge is 0.331 e. The van der Waals surface area contributed by atoms with Gasteiger partial charge in [0.05, 0.1) is 0 Å². The number of rotatable bonds is 2. The number of hydrogen-bond donors (Lipinski definition) is 1. The van der Waals surface area contributed by atoms with Gasteiger partial charge in [0, 0.05) is 42.8 Å². The van der Waals surface area contributed by atoms with Gasteiger partial charge in [-0.1, -0.05) is 0 Å². The molecule has 0 radical (unpaired) electrons. The van der Waals surface area contributed by atoms with Gasteiger partial charge in [0.25, 0.3) is 5.91 Å². The Bertz CT molecular complexity index is 599. The number of carbonyl (C=O) groups is 2. The minimum absolute atomic E-state index is 0.139. The van der Waals surface area contributed by atoms with E-state index in [0.29, 0.717) is 18.5 Å². The Hall–Kier alpha value is -1.88. The summed E-state index contributed by atoms with van der Waals surface area (Å²) in [6, 6.07) is 8.28. The fraction of sp³-hybridized carbons (Fsp3) is 0.556. The lowest BCUT2D eigenvalue weighted by atomic mass is 10.1. The van der Waals surface area contributed by atoms with Crippen molar-refractivity contribution in [3.8, 4) is 0 Å². The third-order valence-corrected chi connectivity index (χ3v) is 5.39. The van der Waals surface area contributed by atoms with E-state index in [0.717, 1.165) is 56.6 Å². The van der Waals surface area contributed by atoms with Gasteiger partial charge in [0.1, 0.15) is 0 Å². The third kappa shape index (κ3) is 2.63. The molecule has 3 fully saturated rings. The first-order chi connectivity index (χ1) is 11.2. The predicted molar refractivity (Wildman–Crippen MR) is 88.5 cm³/mol. The van der Waals surface area contributed by atoms with E-state index in [9.17, 15) is 9.59 Å². The molecule has 2 unspecified atom stereocenters. The van der Waals surface area contributed by atoms with Crippen LogP contribution >= 0.6 is 0 Å². The Morgan fingerprint density at radius 2 is 1.87 bits per heavy atom. The van der Waals surface area contributed by atoms with Gasteiger partial charge in [-0.2, -0.15) is 0 Å². The molecule has 5 heteroatoms. The predicted octanol–water partition coefficient (Wildman–Crippen LogP) is 1.78. The van der Waals surface area contributed by atoms with Crippen molar-refractivity contribution in [1.82, 2.24) is 10.2 Å². The Morgan fingerprint density at radius 3 is 2.61 bits per heavy atom. The SMILES string of the molecule is O=C1CCCN1c1ccc(C(=O)N2C3CCNCC2CC3)cc1. The lowest BCUT2D eigenvalue weighted by molar-refractivity contribution is -0.117. The van der Waals surface area contributed by atoms with Gasteiger partial charge in [0.2, 0.25) is 5.91 Å². The zero-order chi connectivity index (χ0) is 15.8. The van der Waals surface area contributed by atoms with E-state index < -0.39 is 0 Å². The number of anilines is 1. The average Bonchev–Trinajstić information content (AvgIpc) is 3.09. The molecule has 23 heavy (non-hydrogen) atoms. The molecule has 1 aromatic carbocycles. The van der Waals surface area contributed by atoms with E-state index >= 15 is 0 Å². The fourth-order valence-corrected chi connectivity index (χ4v) is 4.17. The highest BCUT2D eigenvalue weighted by atomic mass is 16.2. The van der Waals surface area contributed by atoms with Crippen LogP contribution in [-0.4, -0.2) is 48.4 Å². The van der Waals surface area contributed by atoms with Crippen LogP contribution in [0.1, 0.15) is 42.5 Å². The second-order valence-electron chi connectivity index (χ2n) is 6.79. The monoisotopic (exact) mass is 313 g/mol. The van der Waals surface area contributed by atoms with Crippen LogP contribution in [0.2, 0.25) is 0 Å². The topological polar surface area (TPSA) is 52.7 Å². The summed E-state index contributed by atoms with van der Waals surface area (Å²) >= 11 is 0. The minimum Gasteiger partial charge on any atom is -0.331 e. The Labute approximate surface area is 136 Å². The molecule has 3 aliphatic rings. The first-order valence-corrected chi connectivity index (χ1v) is 8.68. The second-order valence-corrected chi connectivity index (χ2v) is 6.79. The van der Waals surface area contributed by atoms with Crippen LogP contribution in [0.4, 0.5) is 5.69 Å². The lowest BCUT2D eigenvalue weighted by Gasteiger charge is -2.28. The highest BCUT2D eigenvalue weighted by molar-refractivity contribution is 5.98. The molecular weight excluding hydrogens is 290 g/mol. The number of nitrogens with zero attached hydrogens (tertiary/aromatic N) is 2. The summed E-state index contributed by atoms with van der Waals surface area (Å²) in [5.41, 5.74) is 1.64. The van der Waals surface area contributed by atoms with Crippen LogP contribution in [0.25, 0.3) is 0 Å². The Morgan fingerprint density at radius 1 is 1.09 bits per heavy atom. The van der Waals surface area contributed by atoms with E-state index in [1.807, 2.05) is 29.2 Å². The zero-order valence-electron chi connectivity index (χ0n) is 13.3. The lowest BCUT2D eigenvalue weighted by Crippen LogP contribution is -2.42. The normalized spacial score (nSPS) is 27.4. The van der Waals surface area contributed by atoms with Crippen LogP contribution in [-0.2, 0) is 4.79 Å². The van der Waals surface area contributed by atoms with Crippen molar-refractivity contribution in [3.05, 3.63) is 29.8 Å². The average molecular weight is 313 g/mol. The standard InChI is InChI=1S/C18H23N3O2/c22-17-2-1-11-20(17)14-5-3-13(4-6-14)18(23)21-15-7-8-16(21)12-19-10-9-15/h3-6,15-16,19H,1-2,7-12H2. The molecule has 0 spiro atoms. The third-order valence-electron chi connectivity index (χ3n) is 5.39. The van der Waals surface area contributed by atoms with E-state index in [4.69, 9.17) is 0 Å². The Kier molecular flexibility index (Phi) is 3.81. The van der Waals surface area contributed by atoms with Gasteiger partial charge in [-0.3, -0.25) is 9.59 Å². The maximum atomic E-state index is 12.9. The summed E-state index contributed by atoms with van der Waals surface area (Å²) in [5, 5.41) is 3.43. The Balaban J connectivity index is 1.53. The number of hydrogen-bond acceptors (Lipinski definition) is 3. The number of carbonyl (C=O) groups excluding carboxylic acids is 2. The van der Waals surface area contributed by atoms with Gasteiger partial charge < -0.3 is 15.1 Å². The summed E-state index contributed by atoms with van der Waals surface area (Å²) in [4.78, 5) is 28.7. The van der Waals surface area contributed by atoms with E-state index in [-0.39, 0.29) is 11.8 Å². The number of amides is 2. The van der Waals surface area contributed by atoms with Crippen molar-refractivity contribution in [1.29, 1.82) is 0 Å². The second kappa shape index (κ2) is 5.96. The van der Waals surface area contributed by atoms with Crippen molar-refractivity contribution in [2.45, 2.75) is 44.2 Å². The first kappa shape index (κ1) is 14.7. The molecule has 0 aromatic heterocycles. The molecule has 3 saturated heterocycles. The summed E-state index contributed by atoms with van der Waals surface area (Å²) in [7, 11) is 0. The molecule has 0 saturated carbocycles. The van der Waals surface area contributed by atoms with Gasteiger partial charge in [0.15, 0.2) is 0 Å².